The molecule has 110 valence electrons. The average molecular weight is 278 g/mol. The molecule has 2 aliphatic heterocycles. The van der Waals surface area contributed by atoms with Crippen LogP contribution in [0.15, 0.2) is 5.10 Å². The molecule has 2 fully saturated rings. The minimum atomic E-state index is -0.104. The maximum absolute atomic E-state index is 12.6. The van der Waals surface area contributed by atoms with Crippen LogP contribution in [0, 0.1) is 5.92 Å². The molecule has 0 aromatic heterocycles. The summed E-state index contributed by atoms with van der Waals surface area (Å²) in [6, 6.07) is 0.413. The molecule has 1 aliphatic carbocycles. The van der Waals surface area contributed by atoms with E-state index in [0.29, 0.717) is 30.5 Å². The second kappa shape index (κ2) is 5.91. The van der Waals surface area contributed by atoms with Crippen molar-refractivity contribution in [3.8, 4) is 0 Å². The van der Waals surface area contributed by atoms with Crippen LogP contribution in [0.3, 0.4) is 0 Å². The highest BCUT2D eigenvalue weighted by Crippen LogP contribution is 2.30. The van der Waals surface area contributed by atoms with Crippen molar-refractivity contribution in [3.05, 3.63) is 0 Å². The standard InChI is InChI=1S/C14H22N4O2/c19-13-6-5-12(16-17-13)14(20)18(8-10-3-4-10)9-11-2-1-7-15-11/h10-11,15H,1-9H2,(H,17,19). The summed E-state index contributed by atoms with van der Waals surface area (Å²) in [4.78, 5) is 25.6. The summed E-state index contributed by atoms with van der Waals surface area (Å²) in [5.74, 6) is 0.567. The predicted molar refractivity (Wildman–Crippen MR) is 75.1 cm³/mol. The SMILES string of the molecule is O=C1CCC(C(=O)N(CC2CC2)CC2CCCN2)=NN1. The lowest BCUT2D eigenvalue weighted by Gasteiger charge is -2.27. The molecule has 0 bridgehead atoms. The second-order valence-electron chi connectivity index (χ2n) is 6.04. The topological polar surface area (TPSA) is 73.8 Å². The van der Waals surface area contributed by atoms with E-state index in [1.54, 1.807) is 0 Å². The van der Waals surface area contributed by atoms with E-state index in [9.17, 15) is 9.59 Å². The molecule has 1 unspecified atom stereocenters. The van der Waals surface area contributed by atoms with E-state index in [0.717, 1.165) is 26.1 Å². The lowest BCUT2D eigenvalue weighted by Crippen LogP contribution is -2.46. The number of hydrogen-bond acceptors (Lipinski definition) is 4. The number of hydrogen-bond donors (Lipinski definition) is 2. The fourth-order valence-electron chi connectivity index (χ4n) is 2.84. The Morgan fingerprint density at radius 2 is 2.10 bits per heavy atom. The van der Waals surface area contributed by atoms with Gasteiger partial charge in [-0.25, -0.2) is 5.43 Å². The van der Waals surface area contributed by atoms with E-state index in [1.165, 1.54) is 19.3 Å². The molecule has 0 aromatic rings. The number of nitrogens with one attached hydrogen (secondary N) is 2. The molecule has 1 saturated carbocycles. The molecule has 2 amide bonds. The van der Waals surface area contributed by atoms with Crippen LogP contribution < -0.4 is 10.7 Å². The summed E-state index contributed by atoms with van der Waals surface area (Å²) in [5, 5.41) is 7.38. The smallest absolute Gasteiger partial charge is 0.270 e. The number of nitrogens with zero attached hydrogens (tertiary/aromatic N) is 2. The average Bonchev–Trinajstić information content (AvgIpc) is 3.12. The molecular formula is C14H22N4O2. The third kappa shape index (κ3) is 3.36. The van der Waals surface area contributed by atoms with Crippen molar-refractivity contribution in [2.75, 3.05) is 19.6 Å². The van der Waals surface area contributed by atoms with Crippen LogP contribution >= 0.6 is 0 Å². The van der Waals surface area contributed by atoms with Gasteiger partial charge < -0.3 is 10.2 Å². The Labute approximate surface area is 119 Å². The molecule has 0 aromatic carbocycles. The Balaban J connectivity index is 1.63. The number of amides is 2. The normalized spacial score (nSPS) is 26.1. The van der Waals surface area contributed by atoms with Gasteiger partial charge in [-0.15, -0.1) is 0 Å². The molecule has 6 nitrogen and oxygen atoms in total. The highest BCUT2D eigenvalue weighted by molar-refractivity contribution is 6.39. The molecule has 0 spiro atoms. The predicted octanol–water partition coefficient (Wildman–Crippen LogP) is 0.243. The maximum atomic E-state index is 12.6. The Morgan fingerprint density at radius 3 is 2.70 bits per heavy atom. The zero-order valence-corrected chi connectivity index (χ0v) is 11.7. The summed E-state index contributed by atoms with van der Waals surface area (Å²) in [7, 11) is 0. The van der Waals surface area contributed by atoms with Crippen molar-refractivity contribution < 1.29 is 9.59 Å². The molecule has 1 atom stereocenters. The van der Waals surface area contributed by atoms with Crippen LogP contribution in [-0.2, 0) is 9.59 Å². The van der Waals surface area contributed by atoms with Crippen molar-refractivity contribution in [2.45, 2.75) is 44.6 Å². The van der Waals surface area contributed by atoms with E-state index in [4.69, 9.17) is 0 Å². The first-order chi connectivity index (χ1) is 9.72. The molecular weight excluding hydrogens is 256 g/mol. The highest BCUT2D eigenvalue weighted by atomic mass is 16.2. The molecule has 2 heterocycles. The van der Waals surface area contributed by atoms with E-state index < -0.39 is 0 Å². The fourth-order valence-corrected chi connectivity index (χ4v) is 2.84. The second-order valence-corrected chi connectivity index (χ2v) is 6.04. The van der Waals surface area contributed by atoms with Gasteiger partial charge in [-0.1, -0.05) is 0 Å². The first kappa shape index (κ1) is 13.5. The molecule has 0 radical (unpaired) electrons. The molecule has 20 heavy (non-hydrogen) atoms. The molecule has 3 rings (SSSR count). The minimum Gasteiger partial charge on any atom is -0.336 e. The van der Waals surface area contributed by atoms with Crippen LogP contribution in [0.1, 0.15) is 38.5 Å². The van der Waals surface area contributed by atoms with Crippen LogP contribution in [-0.4, -0.2) is 48.1 Å². The van der Waals surface area contributed by atoms with Gasteiger partial charge in [-0.05, 0) is 38.1 Å². The molecule has 2 N–H and O–H groups in total. The third-order valence-corrected chi connectivity index (χ3v) is 4.22. The highest BCUT2D eigenvalue weighted by Gasteiger charge is 2.31. The van der Waals surface area contributed by atoms with Crippen molar-refractivity contribution >= 4 is 17.5 Å². The number of carbonyl (C=O) groups is 2. The van der Waals surface area contributed by atoms with Crippen LogP contribution in [0.4, 0.5) is 0 Å². The fraction of sp³-hybridized carbons (Fsp3) is 0.786. The summed E-state index contributed by atoms with van der Waals surface area (Å²) in [6.07, 6.45) is 5.61. The van der Waals surface area contributed by atoms with E-state index in [2.05, 4.69) is 15.8 Å². The zero-order valence-electron chi connectivity index (χ0n) is 11.7. The molecule has 3 aliphatic rings. The quantitative estimate of drug-likeness (QED) is 0.757. The van der Waals surface area contributed by atoms with Gasteiger partial charge in [0.15, 0.2) is 0 Å². The lowest BCUT2D eigenvalue weighted by molar-refractivity contribution is -0.125. The van der Waals surface area contributed by atoms with Crippen LogP contribution in [0.25, 0.3) is 0 Å². The van der Waals surface area contributed by atoms with Gasteiger partial charge in [0.25, 0.3) is 5.91 Å². The van der Waals surface area contributed by atoms with Crippen molar-refractivity contribution in [2.24, 2.45) is 11.0 Å². The van der Waals surface area contributed by atoms with Gasteiger partial charge >= 0.3 is 0 Å². The Hall–Kier alpha value is -1.43. The summed E-state index contributed by atoms with van der Waals surface area (Å²) in [5.41, 5.74) is 2.92. The first-order valence-corrected chi connectivity index (χ1v) is 7.60. The zero-order chi connectivity index (χ0) is 13.9. The summed E-state index contributed by atoms with van der Waals surface area (Å²) in [6.45, 7) is 2.65. The van der Waals surface area contributed by atoms with E-state index in [1.807, 2.05) is 4.90 Å². The van der Waals surface area contributed by atoms with Crippen LogP contribution in [0.2, 0.25) is 0 Å². The number of rotatable bonds is 5. The minimum absolute atomic E-state index is 0.00519. The maximum Gasteiger partial charge on any atom is 0.270 e. The summed E-state index contributed by atoms with van der Waals surface area (Å²) >= 11 is 0. The van der Waals surface area contributed by atoms with Crippen molar-refractivity contribution in [1.29, 1.82) is 0 Å². The number of hydrazone groups is 1. The van der Waals surface area contributed by atoms with Gasteiger partial charge in [0.1, 0.15) is 5.71 Å². The molecule has 6 heteroatoms. The van der Waals surface area contributed by atoms with E-state index >= 15 is 0 Å². The summed E-state index contributed by atoms with van der Waals surface area (Å²) < 4.78 is 0. The van der Waals surface area contributed by atoms with Crippen molar-refractivity contribution in [3.63, 3.8) is 0 Å². The van der Waals surface area contributed by atoms with Gasteiger partial charge in [0.05, 0.1) is 0 Å². The van der Waals surface area contributed by atoms with Crippen LogP contribution in [0.5, 0.6) is 0 Å². The van der Waals surface area contributed by atoms with Gasteiger partial charge in [0, 0.05) is 32.0 Å². The van der Waals surface area contributed by atoms with Crippen molar-refractivity contribution in [1.82, 2.24) is 15.6 Å². The van der Waals surface area contributed by atoms with E-state index in [-0.39, 0.29) is 11.8 Å². The Kier molecular flexibility index (Phi) is 4.00. The third-order valence-electron chi connectivity index (χ3n) is 4.22. The largest absolute Gasteiger partial charge is 0.336 e. The van der Waals surface area contributed by atoms with Gasteiger partial charge in [-0.2, -0.15) is 5.10 Å². The lowest BCUT2D eigenvalue weighted by atomic mass is 10.1. The van der Waals surface area contributed by atoms with Gasteiger partial charge in [0.2, 0.25) is 5.91 Å². The first-order valence-electron chi connectivity index (χ1n) is 7.60. The number of carbonyl (C=O) groups excluding carboxylic acids is 2. The van der Waals surface area contributed by atoms with Gasteiger partial charge in [-0.3, -0.25) is 9.59 Å². The Bertz CT molecular complexity index is 425. The Morgan fingerprint density at radius 1 is 1.25 bits per heavy atom. The molecule has 1 saturated heterocycles. The monoisotopic (exact) mass is 278 g/mol.